The Hall–Kier alpha value is -1.95. The van der Waals surface area contributed by atoms with Crippen molar-refractivity contribution >= 4 is 21.6 Å². The highest BCUT2D eigenvalue weighted by atomic mass is 32.1. The average molecular weight is 302 g/mol. The van der Waals surface area contributed by atoms with Crippen LogP contribution in [0.5, 0.6) is 0 Å². The van der Waals surface area contributed by atoms with Crippen LogP contribution >= 0.6 is 11.3 Å². The zero-order chi connectivity index (χ0) is 15.1. The third-order valence-electron chi connectivity index (χ3n) is 3.67. The number of aryl methyl sites for hydroxylation is 2. The lowest BCUT2D eigenvalue weighted by Gasteiger charge is -2.09. The third-order valence-corrected chi connectivity index (χ3v) is 4.77. The van der Waals surface area contributed by atoms with Crippen LogP contribution in [-0.4, -0.2) is 19.5 Å². The van der Waals surface area contributed by atoms with Crippen molar-refractivity contribution in [2.75, 3.05) is 0 Å². The molecule has 6 heteroatoms. The van der Waals surface area contributed by atoms with Gasteiger partial charge in [0, 0.05) is 23.2 Å². The number of rotatable bonds is 3. The van der Waals surface area contributed by atoms with E-state index in [4.69, 9.17) is 0 Å². The molecule has 1 N–H and O–H groups in total. The summed E-state index contributed by atoms with van der Waals surface area (Å²) in [4.78, 5) is 26.1. The van der Waals surface area contributed by atoms with E-state index >= 15 is 0 Å². The maximum Gasteiger partial charge on any atom is 0.259 e. The van der Waals surface area contributed by atoms with Crippen LogP contribution in [0.25, 0.3) is 10.2 Å². The molecule has 3 aromatic heterocycles. The topological polar surface area (TPSA) is 63.6 Å². The van der Waals surface area contributed by atoms with Crippen LogP contribution in [0.2, 0.25) is 0 Å². The van der Waals surface area contributed by atoms with Crippen molar-refractivity contribution < 1.29 is 0 Å². The first-order chi connectivity index (χ1) is 9.97. The molecule has 5 nitrogen and oxygen atoms in total. The van der Waals surface area contributed by atoms with Gasteiger partial charge < -0.3 is 9.55 Å². The SMILES string of the molecule is Cc1sc2nc(Cn3ccnc3C(C)C)[nH]c(=O)c2c1C. The Morgan fingerprint density at radius 1 is 1.38 bits per heavy atom. The van der Waals surface area contributed by atoms with E-state index in [0.717, 1.165) is 26.5 Å². The lowest BCUT2D eigenvalue weighted by molar-refractivity contribution is 0.650. The summed E-state index contributed by atoms with van der Waals surface area (Å²) in [7, 11) is 0. The highest BCUT2D eigenvalue weighted by Gasteiger charge is 2.13. The first kappa shape index (κ1) is 14.0. The number of nitrogens with zero attached hydrogens (tertiary/aromatic N) is 3. The van der Waals surface area contributed by atoms with Crippen LogP contribution in [0.15, 0.2) is 17.2 Å². The minimum atomic E-state index is -0.0527. The minimum absolute atomic E-state index is 0.0527. The molecule has 0 fully saturated rings. The quantitative estimate of drug-likeness (QED) is 0.809. The molecule has 3 heterocycles. The predicted octanol–water partition coefficient (Wildman–Crippen LogP) is 2.97. The van der Waals surface area contributed by atoms with Gasteiger partial charge in [0.05, 0.1) is 11.9 Å². The van der Waals surface area contributed by atoms with Crippen molar-refractivity contribution in [1.29, 1.82) is 0 Å². The lowest BCUT2D eigenvalue weighted by atomic mass is 10.2. The molecule has 0 radical (unpaired) electrons. The van der Waals surface area contributed by atoms with Crippen molar-refractivity contribution in [3.63, 3.8) is 0 Å². The third kappa shape index (κ3) is 2.40. The molecule has 0 spiro atoms. The smallest absolute Gasteiger partial charge is 0.259 e. The van der Waals surface area contributed by atoms with Gasteiger partial charge in [-0.1, -0.05) is 13.8 Å². The fraction of sp³-hybridized carbons (Fsp3) is 0.400. The number of imidazole rings is 1. The van der Waals surface area contributed by atoms with Gasteiger partial charge in [-0.25, -0.2) is 9.97 Å². The van der Waals surface area contributed by atoms with Gasteiger partial charge in [-0.05, 0) is 19.4 Å². The molecule has 0 bridgehead atoms. The van der Waals surface area contributed by atoms with E-state index in [1.54, 1.807) is 17.5 Å². The standard InChI is InChI=1S/C15H18N4OS/c1-8(2)13-16-5-6-19(13)7-11-17-14(20)12-9(3)10(4)21-15(12)18-11/h5-6,8H,7H2,1-4H3,(H,17,18,20). The maximum absolute atomic E-state index is 12.3. The van der Waals surface area contributed by atoms with Crippen molar-refractivity contribution in [1.82, 2.24) is 19.5 Å². The van der Waals surface area contributed by atoms with E-state index in [2.05, 4.69) is 28.8 Å². The summed E-state index contributed by atoms with van der Waals surface area (Å²) in [6.45, 7) is 8.73. The summed E-state index contributed by atoms with van der Waals surface area (Å²) < 4.78 is 2.03. The molecule has 0 aromatic carbocycles. The van der Waals surface area contributed by atoms with Gasteiger partial charge >= 0.3 is 0 Å². The Balaban J connectivity index is 2.06. The fourth-order valence-electron chi connectivity index (χ4n) is 2.49. The Morgan fingerprint density at radius 3 is 2.86 bits per heavy atom. The van der Waals surface area contributed by atoms with E-state index in [1.807, 2.05) is 24.6 Å². The molecule has 21 heavy (non-hydrogen) atoms. The second-order valence-electron chi connectivity index (χ2n) is 5.54. The molecule has 0 aliphatic rings. The summed E-state index contributed by atoms with van der Waals surface area (Å²) in [5.74, 6) is 2.01. The normalized spacial score (nSPS) is 11.7. The summed E-state index contributed by atoms with van der Waals surface area (Å²) >= 11 is 1.57. The van der Waals surface area contributed by atoms with Gasteiger partial charge in [-0.15, -0.1) is 11.3 Å². The molecule has 0 aliphatic carbocycles. The van der Waals surface area contributed by atoms with Crippen molar-refractivity contribution in [3.8, 4) is 0 Å². The van der Waals surface area contributed by atoms with Crippen LogP contribution in [0, 0.1) is 13.8 Å². The summed E-state index contributed by atoms with van der Waals surface area (Å²) in [5, 5.41) is 0.718. The van der Waals surface area contributed by atoms with E-state index in [1.165, 1.54) is 0 Å². The van der Waals surface area contributed by atoms with Crippen LogP contribution in [0.3, 0.4) is 0 Å². The second-order valence-corrected chi connectivity index (χ2v) is 6.75. The Bertz CT molecular complexity index is 856. The zero-order valence-corrected chi connectivity index (χ0v) is 13.4. The monoisotopic (exact) mass is 302 g/mol. The molecular weight excluding hydrogens is 284 g/mol. The van der Waals surface area contributed by atoms with Gasteiger partial charge in [0.2, 0.25) is 0 Å². The average Bonchev–Trinajstić information content (AvgIpc) is 2.96. The van der Waals surface area contributed by atoms with Crippen LogP contribution < -0.4 is 5.56 Å². The van der Waals surface area contributed by atoms with Gasteiger partial charge in [0.25, 0.3) is 5.56 Å². The number of aromatic nitrogens is 4. The molecule has 3 aromatic rings. The number of thiophene rings is 1. The molecular formula is C15H18N4OS. The second kappa shape index (κ2) is 5.11. The van der Waals surface area contributed by atoms with E-state index < -0.39 is 0 Å². The number of aromatic amines is 1. The molecule has 0 aliphatic heterocycles. The first-order valence-electron chi connectivity index (χ1n) is 6.97. The van der Waals surface area contributed by atoms with E-state index in [9.17, 15) is 4.79 Å². The van der Waals surface area contributed by atoms with Gasteiger partial charge in [-0.3, -0.25) is 4.79 Å². The summed E-state index contributed by atoms with van der Waals surface area (Å²) in [6.07, 6.45) is 3.70. The number of fused-ring (bicyclic) bond motifs is 1. The van der Waals surface area contributed by atoms with E-state index in [0.29, 0.717) is 18.3 Å². The largest absolute Gasteiger partial charge is 0.327 e. The number of hydrogen-bond donors (Lipinski definition) is 1. The van der Waals surface area contributed by atoms with E-state index in [-0.39, 0.29) is 5.56 Å². The predicted molar refractivity (Wildman–Crippen MR) is 85.1 cm³/mol. The zero-order valence-electron chi connectivity index (χ0n) is 12.6. The molecule has 3 rings (SSSR count). The Morgan fingerprint density at radius 2 is 2.14 bits per heavy atom. The first-order valence-corrected chi connectivity index (χ1v) is 7.79. The van der Waals surface area contributed by atoms with Crippen molar-refractivity contribution in [2.45, 2.75) is 40.2 Å². The van der Waals surface area contributed by atoms with Gasteiger partial charge in [0.1, 0.15) is 16.5 Å². The number of H-pyrrole nitrogens is 1. The molecule has 110 valence electrons. The summed E-state index contributed by atoms with van der Waals surface area (Å²) in [6, 6.07) is 0. The lowest BCUT2D eigenvalue weighted by Crippen LogP contribution is -2.15. The maximum atomic E-state index is 12.3. The van der Waals surface area contributed by atoms with Crippen LogP contribution in [0.1, 0.15) is 41.9 Å². The number of hydrogen-bond acceptors (Lipinski definition) is 4. The minimum Gasteiger partial charge on any atom is -0.327 e. The number of nitrogens with one attached hydrogen (secondary N) is 1. The molecule has 0 saturated carbocycles. The Kier molecular flexibility index (Phi) is 3.41. The highest BCUT2D eigenvalue weighted by Crippen LogP contribution is 2.25. The van der Waals surface area contributed by atoms with Crippen LogP contribution in [0.4, 0.5) is 0 Å². The fourth-order valence-corrected chi connectivity index (χ4v) is 3.54. The summed E-state index contributed by atoms with van der Waals surface area (Å²) in [5.41, 5.74) is 0.976. The van der Waals surface area contributed by atoms with Crippen molar-refractivity contribution in [2.24, 2.45) is 0 Å². The Labute approximate surface area is 126 Å². The van der Waals surface area contributed by atoms with Gasteiger partial charge in [-0.2, -0.15) is 0 Å². The molecule has 0 unspecified atom stereocenters. The highest BCUT2D eigenvalue weighted by molar-refractivity contribution is 7.18. The molecule has 0 amide bonds. The van der Waals surface area contributed by atoms with Gasteiger partial charge in [0.15, 0.2) is 0 Å². The van der Waals surface area contributed by atoms with Crippen molar-refractivity contribution in [3.05, 3.63) is 44.8 Å². The molecule has 0 saturated heterocycles. The molecule has 0 atom stereocenters. The van der Waals surface area contributed by atoms with Crippen LogP contribution in [-0.2, 0) is 6.54 Å².